The number of aromatic nitrogens is 3. The molecule has 104 valence electrons. The number of fused-ring (bicyclic) bond motifs is 1. The third kappa shape index (κ3) is 3.00. The molecule has 0 aliphatic carbocycles. The summed E-state index contributed by atoms with van der Waals surface area (Å²) in [7, 11) is 0. The second-order valence-corrected chi connectivity index (χ2v) is 5.36. The maximum Gasteiger partial charge on any atom is 0.154 e. The van der Waals surface area contributed by atoms with E-state index in [9.17, 15) is 0 Å². The van der Waals surface area contributed by atoms with Gasteiger partial charge in [0.2, 0.25) is 0 Å². The van der Waals surface area contributed by atoms with Gasteiger partial charge in [-0.25, -0.2) is 9.50 Å². The quantitative estimate of drug-likeness (QED) is 0.761. The van der Waals surface area contributed by atoms with E-state index in [1.165, 1.54) is 0 Å². The third-order valence-electron chi connectivity index (χ3n) is 3.13. The fourth-order valence-corrected chi connectivity index (χ4v) is 2.35. The number of anilines is 1. The lowest BCUT2D eigenvalue weighted by Gasteiger charge is -2.22. The van der Waals surface area contributed by atoms with E-state index in [-0.39, 0.29) is 0 Å². The van der Waals surface area contributed by atoms with Crippen molar-refractivity contribution in [3.63, 3.8) is 0 Å². The van der Waals surface area contributed by atoms with E-state index in [1.807, 2.05) is 10.7 Å². The summed E-state index contributed by atoms with van der Waals surface area (Å²) < 4.78 is 1.91. The van der Waals surface area contributed by atoms with Gasteiger partial charge >= 0.3 is 0 Å². The summed E-state index contributed by atoms with van der Waals surface area (Å²) in [5.41, 5.74) is 2.15. The van der Waals surface area contributed by atoms with Crippen molar-refractivity contribution in [1.29, 1.82) is 0 Å². The minimum absolute atomic E-state index is 0.417. The van der Waals surface area contributed by atoms with Crippen molar-refractivity contribution in [2.24, 2.45) is 0 Å². The lowest BCUT2D eigenvalue weighted by molar-refractivity contribution is 0.769. The van der Waals surface area contributed by atoms with Gasteiger partial charge in [0.25, 0.3) is 0 Å². The predicted molar refractivity (Wildman–Crippen MR) is 80.3 cm³/mol. The Labute approximate surface area is 119 Å². The topological polar surface area (TPSA) is 33.4 Å². The Hall–Kier alpha value is -1.29. The maximum atomic E-state index is 5.90. The summed E-state index contributed by atoms with van der Waals surface area (Å²) in [5.74, 6) is 2.00. The lowest BCUT2D eigenvalue weighted by atomic mass is 10.1. The number of nitrogens with zero attached hydrogens (tertiary/aromatic N) is 4. The summed E-state index contributed by atoms with van der Waals surface area (Å²) in [6.07, 6.45) is 4.77. The average Bonchev–Trinajstić information content (AvgIpc) is 2.82. The van der Waals surface area contributed by atoms with Crippen LogP contribution in [0.2, 0.25) is 0 Å². The molecular formula is C14H21ClN4. The normalized spacial score (nSPS) is 11.4. The zero-order valence-corrected chi connectivity index (χ0v) is 12.6. The van der Waals surface area contributed by atoms with Gasteiger partial charge in [0, 0.05) is 31.4 Å². The minimum atomic E-state index is 0.417. The standard InChI is InChI=1S/C14H21ClN4/c1-4-7-18(8-5-15)14-13-10-12(11(2)3)17-19(13)9-6-16-14/h6,9-11H,4-5,7-8H2,1-3H3. The molecule has 0 fully saturated rings. The van der Waals surface area contributed by atoms with Gasteiger partial charge in [-0.15, -0.1) is 11.6 Å². The molecule has 0 aliphatic heterocycles. The van der Waals surface area contributed by atoms with Crippen LogP contribution < -0.4 is 4.90 Å². The van der Waals surface area contributed by atoms with Gasteiger partial charge in [0.1, 0.15) is 5.52 Å². The Kier molecular flexibility index (Phi) is 4.64. The monoisotopic (exact) mass is 280 g/mol. The fourth-order valence-electron chi connectivity index (χ4n) is 2.15. The molecule has 2 heterocycles. The predicted octanol–water partition coefficient (Wildman–Crippen LogP) is 3.31. The number of halogens is 1. The molecule has 2 aromatic rings. The molecule has 0 N–H and O–H groups in total. The van der Waals surface area contributed by atoms with E-state index in [2.05, 4.69) is 41.8 Å². The van der Waals surface area contributed by atoms with Crippen molar-refractivity contribution in [2.45, 2.75) is 33.1 Å². The second-order valence-electron chi connectivity index (χ2n) is 4.98. The number of alkyl halides is 1. The van der Waals surface area contributed by atoms with E-state index in [0.717, 1.165) is 36.5 Å². The first-order chi connectivity index (χ1) is 9.17. The van der Waals surface area contributed by atoms with Gasteiger partial charge in [-0.2, -0.15) is 5.10 Å². The average molecular weight is 281 g/mol. The van der Waals surface area contributed by atoms with E-state index in [1.54, 1.807) is 6.20 Å². The molecule has 0 spiro atoms. The molecule has 0 amide bonds. The smallest absolute Gasteiger partial charge is 0.154 e. The fraction of sp³-hybridized carbons (Fsp3) is 0.571. The molecule has 0 atom stereocenters. The second kappa shape index (κ2) is 6.24. The van der Waals surface area contributed by atoms with Crippen LogP contribution in [-0.4, -0.2) is 33.6 Å². The summed E-state index contributed by atoms with van der Waals surface area (Å²) in [6.45, 7) is 8.23. The molecule has 0 bridgehead atoms. The molecule has 2 rings (SSSR count). The van der Waals surface area contributed by atoms with E-state index < -0.39 is 0 Å². The van der Waals surface area contributed by atoms with Crippen LogP contribution in [0, 0.1) is 0 Å². The third-order valence-corrected chi connectivity index (χ3v) is 3.30. The van der Waals surface area contributed by atoms with Gasteiger partial charge < -0.3 is 4.90 Å². The molecule has 0 saturated carbocycles. The summed E-state index contributed by atoms with van der Waals surface area (Å²) >= 11 is 5.90. The first-order valence-corrected chi connectivity index (χ1v) is 7.36. The molecule has 0 unspecified atom stereocenters. The van der Waals surface area contributed by atoms with Crippen molar-refractivity contribution in [3.8, 4) is 0 Å². The highest BCUT2D eigenvalue weighted by molar-refractivity contribution is 6.18. The van der Waals surface area contributed by atoms with Crippen LogP contribution >= 0.6 is 11.6 Å². The van der Waals surface area contributed by atoms with Crippen LogP contribution in [0.4, 0.5) is 5.82 Å². The van der Waals surface area contributed by atoms with Crippen LogP contribution in [0.5, 0.6) is 0 Å². The minimum Gasteiger partial charge on any atom is -0.354 e. The van der Waals surface area contributed by atoms with Crippen LogP contribution in [0.3, 0.4) is 0 Å². The zero-order valence-electron chi connectivity index (χ0n) is 11.8. The largest absolute Gasteiger partial charge is 0.354 e. The van der Waals surface area contributed by atoms with Crippen LogP contribution in [0.1, 0.15) is 38.8 Å². The van der Waals surface area contributed by atoms with Gasteiger partial charge in [0.15, 0.2) is 5.82 Å². The highest BCUT2D eigenvalue weighted by Gasteiger charge is 2.14. The molecule has 0 radical (unpaired) electrons. The Morgan fingerprint density at radius 2 is 2.16 bits per heavy atom. The molecular weight excluding hydrogens is 260 g/mol. The van der Waals surface area contributed by atoms with Gasteiger partial charge in [-0.3, -0.25) is 0 Å². The van der Waals surface area contributed by atoms with E-state index >= 15 is 0 Å². The molecule has 19 heavy (non-hydrogen) atoms. The van der Waals surface area contributed by atoms with Gasteiger partial charge in [-0.05, 0) is 18.4 Å². The Morgan fingerprint density at radius 3 is 2.79 bits per heavy atom. The molecule has 2 aromatic heterocycles. The number of rotatable bonds is 6. The number of hydrogen-bond donors (Lipinski definition) is 0. The van der Waals surface area contributed by atoms with Crippen molar-refractivity contribution in [3.05, 3.63) is 24.2 Å². The van der Waals surface area contributed by atoms with Crippen LogP contribution in [-0.2, 0) is 0 Å². The van der Waals surface area contributed by atoms with E-state index in [4.69, 9.17) is 11.6 Å². The van der Waals surface area contributed by atoms with Gasteiger partial charge in [0.05, 0.1) is 5.69 Å². The molecule has 0 saturated heterocycles. The molecule has 5 heteroatoms. The highest BCUT2D eigenvalue weighted by atomic mass is 35.5. The van der Waals surface area contributed by atoms with Crippen molar-refractivity contribution < 1.29 is 0 Å². The first kappa shape index (κ1) is 14.1. The highest BCUT2D eigenvalue weighted by Crippen LogP contribution is 2.22. The summed E-state index contributed by atoms with van der Waals surface area (Å²) in [4.78, 5) is 6.75. The maximum absolute atomic E-state index is 5.90. The van der Waals surface area contributed by atoms with Crippen molar-refractivity contribution in [2.75, 3.05) is 23.9 Å². The Bertz CT molecular complexity index is 529. The molecule has 0 aliphatic rings. The van der Waals surface area contributed by atoms with Gasteiger partial charge in [-0.1, -0.05) is 20.8 Å². The first-order valence-electron chi connectivity index (χ1n) is 6.82. The summed E-state index contributed by atoms with van der Waals surface area (Å²) in [6, 6.07) is 2.13. The zero-order chi connectivity index (χ0) is 13.8. The molecule has 0 aromatic carbocycles. The Morgan fingerprint density at radius 1 is 1.37 bits per heavy atom. The van der Waals surface area contributed by atoms with Crippen LogP contribution in [0.15, 0.2) is 18.5 Å². The lowest BCUT2D eigenvalue weighted by Crippen LogP contribution is -2.27. The van der Waals surface area contributed by atoms with Crippen molar-refractivity contribution >= 4 is 22.9 Å². The molecule has 4 nitrogen and oxygen atoms in total. The van der Waals surface area contributed by atoms with Crippen LogP contribution in [0.25, 0.3) is 5.52 Å². The van der Waals surface area contributed by atoms with E-state index in [0.29, 0.717) is 11.8 Å². The summed E-state index contributed by atoms with van der Waals surface area (Å²) in [5, 5.41) is 4.59. The number of hydrogen-bond acceptors (Lipinski definition) is 3. The Balaban J connectivity index is 2.46. The van der Waals surface area contributed by atoms with Crippen molar-refractivity contribution in [1.82, 2.24) is 14.6 Å². The SMILES string of the molecule is CCCN(CCCl)c1nccn2nc(C(C)C)cc12.